The maximum Gasteiger partial charge on any atom is 0.322 e. The van der Waals surface area contributed by atoms with Crippen molar-refractivity contribution in [2.75, 3.05) is 5.32 Å². The minimum Gasteiger partial charge on any atom is -0.408 e. The molecule has 1 amide bonds. The van der Waals surface area contributed by atoms with Gasteiger partial charge in [0.15, 0.2) is 0 Å². The van der Waals surface area contributed by atoms with Crippen LogP contribution in [0.25, 0.3) is 11.1 Å². The summed E-state index contributed by atoms with van der Waals surface area (Å²) in [5.41, 5.74) is 3.24. The summed E-state index contributed by atoms with van der Waals surface area (Å²) in [4.78, 5) is 12.3. The number of rotatable bonds is 5. The summed E-state index contributed by atoms with van der Waals surface area (Å²) in [6.07, 6.45) is 6.13. The molecule has 0 aliphatic heterocycles. The first-order valence-corrected chi connectivity index (χ1v) is 9.55. The Morgan fingerprint density at radius 3 is 2.37 bits per heavy atom. The topological polar surface area (TPSA) is 68.0 Å². The molecule has 0 spiro atoms. The van der Waals surface area contributed by atoms with Gasteiger partial charge in [0, 0.05) is 5.92 Å². The van der Waals surface area contributed by atoms with E-state index in [0.717, 1.165) is 29.5 Å². The van der Waals surface area contributed by atoms with Crippen LogP contribution in [-0.2, 0) is 11.2 Å². The maximum atomic E-state index is 12.3. The van der Waals surface area contributed by atoms with Gasteiger partial charge >= 0.3 is 6.01 Å². The van der Waals surface area contributed by atoms with Crippen molar-refractivity contribution in [3.05, 3.63) is 66.1 Å². The predicted molar refractivity (Wildman–Crippen MR) is 104 cm³/mol. The lowest BCUT2D eigenvalue weighted by molar-refractivity contribution is -0.115. The van der Waals surface area contributed by atoms with Crippen LogP contribution in [0.5, 0.6) is 0 Å². The molecule has 5 nitrogen and oxygen atoms in total. The summed E-state index contributed by atoms with van der Waals surface area (Å²) in [6.45, 7) is 0. The van der Waals surface area contributed by atoms with Gasteiger partial charge in [-0.25, -0.2) is 0 Å². The maximum absolute atomic E-state index is 12.3. The fourth-order valence-electron chi connectivity index (χ4n) is 3.59. The quantitative estimate of drug-likeness (QED) is 0.697. The highest BCUT2D eigenvalue weighted by atomic mass is 16.4. The molecular formula is C22H23N3O2. The van der Waals surface area contributed by atoms with E-state index >= 15 is 0 Å². The molecule has 1 aliphatic carbocycles. The molecule has 0 bridgehead atoms. The van der Waals surface area contributed by atoms with Crippen molar-refractivity contribution in [2.45, 2.75) is 44.4 Å². The van der Waals surface area contributed by atoms with Crippen molar-refractivity contribution >= 4 is 11.9 Å². The van der Waals surface area contributed by atoms with Gasteiger partial charge in [-0.05, 0) is 29.5 Å². The molecule has 0 radical (unpaired) electrons. The van der Waals surface area contributed by atoms with Gasteiger partial charge in [-0.15, -0.1) is 5.10 Å². The minimum absolute atomic E-state index is 0.152. The zero-order chi connectivity index (χ0) is 18.5. The molecule has 4 rings (SSSR count). The summed E-state index contributed by atoms with van der Waals surface area (Å²) < 4.78 is 5.65. The van der Waals surface area contributed by atoms with Gasteiger partial charge in [0.05, 0.1) is 6.42 Å². The summed E-state index contributed by atoms with van der Waals surface area (Å²) >= 11 is 0. The fourth-order valence-corrected chi connectivity index (χ4v) is 3.59. The molecule has 3 aromatic rings. The van der Waals surface area contributed by atoms with Crippen LogP contribution in [0.3, 0.4) is 0 Å². The van der Waals surface area contributed by atoms with Gasteiger partial charge in [-0.3, -0.25) is 10.1 Å². The van der Waals surface area contributed by atoms with Crippen molar-refractivity contribution in [3.8, 4) is 11.1 Å². The van der Waals surface area contributed by atoms with Crippen LogP contribution in [0.1, 0.15) is 49.5 Å². The van der Waals surface area contributed by atoms with E-state index in [1.54, 1.807) is 0 Å². The van der Waals surface area contributed by atoms with E-state index < -0.39 is 0 Å². The van der Waals surface area contributed by atoms with Crippen molar-refractivity contribution in [3.63, 3.8) is 0 Å². The molecule has 1 fully saturated rings. The van der Waals surface area contributed by atoms with Crippen LogP contribution in [0, 0.1) is 0 Å². The monoisotopic (exact) mass is 361 g/mol. The van der Waals surface area contributed by atoms with E-state index in [1.807, 2.05) is 42.5 Å². The third-order valence-electron chi connectivity index (χ3n) is 5.07. The van der Waals surface area contributed by atoms with Crippen LogP contribution in [0.4, 0.5) is 6.01 Å². The van der Waals surface area contributed by atoms with Crippen molar-refractivity contribution in [1.82, 2.24) is 10.2 Å². The van der Waals surface area contributed by atoms with Gasteiger partial charge in [0.1, 0.15) is 0 Å². The third-order valence-corrected chi connectivity index (χ3v) is 5.07. The number of nitrogens with one attached hydrogen (secondary N) is 1. The van der Waals surface area contributed by atoms with Crippen LogP contribution in [0.2, 0.25) is 0 Å². The Kier molecular flexibility index (Phi) is 5.28. The average Bonchev–Trinajstić information content (AvgIpc) is 3.18. The van der Waals surface area contributed by atoms with E-state index in [9.17, 15) is 4.79 Å². The van der Waals surface area contributed by atoms with E-state index in [2.05, 4.69) is 27.6 Å². The summed E-state index contributed by atoms with van der Waals surface area (Å²) in [6, 6.07) is 18.4. The third kappa shape index (κ3) is 4.42. The van der Waals surface area contributed by atoms with Crippen molar-refractivity contribution < 1.29 is 9.21 Å². The Morgan fingerprint density at radius 2 is 1.63 bits per heavy atom. The molecule has 1 aliphatic rings. The van der Waals surface area contributed by atoms with Gasteiger partial charge in [-0.2, -0.15) is 0 Å². The van der Waals surface area contributed by atoms with Gasteiger partial charge in [-0.1, -0.05) is 79.0 Å². The lowest BCUT2D eigenvalue weighted by atomic mass is 9.89. The van der Waals surface area contributed by atoms with Gasteiger partial charge < -0.3 is 4.42 Å². The average molecular weight is 361 g/mol. The lowest BCUT2D eigenvalue weighted by Crippen LogP contribution is -2.14. The van der Waals surface area contributed by atoms with E-state index in [0.29, 0.717) is 11.8 Å². The summed E-state index contributed by atoms with van der Waals surface area (Å²) in [5, 5.41) is 10.8. The summed E-state index contributed by atoms with van der Waals surface area (Å²) in [7, 11) is 0. The lowest BCUT2D eigenvalue weighted by Gasteiger charge is -2.17. The predicted octanol–water partition coefficient (Wildman–Crippen LogP) is 4.97. The van der Waals surface area contributed by atoms with Gasteiger partial charge in [0.25, 0.3) is 0 Å². The second-order valence-electron chi connectivity index (χ2n) is 7.07. The van der Waals surface area contributed by atoms with Crippen LogP contribution in [-0.4, -0.2) is 16.1 Å². The van der Waals surface area contributed by atoms with E-state index in [-0.39, 0.29) is 18.3 Å². The Hall–Kier alpha value is -2.95. The molecule has 1 heterocycles. The first-order valence-electron chi connectivity index (χ1n) is 9.55. The molecule has 0 unspecified atom stereocenters. The first-order chi connectivity index (χ1) is 13.3. The smallest absolute Gasteiger partial charge is 0.322 e. The Morgan fingerprint density at radius 1 is 0.926 bits per heavy atom. The van der Waals surface area contributed by atoms with Crippen molar-refractivity contribution in [1.29, 1.82) is 0 Å². The van der Waals surface area contributed by atoms with Gasteiger partial charge in [0.2, 0.25) is 11.8 Å². The Labute approximate surface area is 158 Å². The largest absolute Gasteiger partial charge is 0.408 e. The van der Waals surface area contributed by atoms with E-state index in [1.165, 1.54) is 19.3 Å². The molecule has 1 saturated carbocycles. The van der Waals surface area contributed by atoms with Crippen LogP contribution >= 0.6 is 0 Å². The molecule has 27 heavy (non-hydrogen) atoms. The molecule has 138 valence electrons. The second-order valence-corrected chi connectivity index (χ2v) is 7.07. The number of hydrogen-bond acceptors (Lipinski definition) is 4. The molecular weight excluding hydrogens is 338 g/mol. The second kappa shape index (κ2) is 8.16. The zero-order valence-corrected chi connectivity index (χ0v) is 15.2. The molecule has 1 aromatic heterocycles. The van der Waals surface area contributed by atoms with Crippen LogP contribution < -0.4 is 5.32 Å². The standard InChI is InChI=1S/C22H23N3O2/c26-20(23-22-25-24-21(27-22)19-9-5-2-6-10-19)15-16-11-13-18(14-12-16)17-7-3-1-4-8-17/h1,3-4,7-8,11-14,19H,2,5-6,9-10,15H2,(H,23,25,26). The number of carbonyl (C=O) groups excluding carboxylic acids is 1. The highest BCUT2D eigenvalue weighted by molar-refractivity contribution is 5.90. The van der Waals surface area contributed by atoms with Crippen molar-refractivity contribution in [2.24, 2.45) is 0 Å². The molecule has 1 N–H and O–H groups in total. The number of anilines is 1. The molecule has 5 heteroatoms. The highest BCUT2D eigenvalue weighted by Gasteiger charge is 2.21. The Balaban J connectivity index is 1.35. The fraction of sp³-hybridized carbons (Fsp3) is 0.318. The Bertz CT molecular complexity index is 881. The normalized spacial score (nSPS) is 14.8. The number of benzene rings is 2. The van der Waals surface area contributed by atoms with Crippen LogP contribution in [0.15, 0.2) is 59.0 Å². The number of hydrogen-bond donors (Lipinski definition) is 1. The number of nitrogens with zero attached hydrogens (tertiary/aromatic N) is 2. The zero-order valence-electron chi connectivity index (χ0n) is 15.2. The summed E-state index contributed by atoms with van der Waals surface area (Å²) in [5.74, 6) is 0.834. The first kappa shape index (κ1) is 17.5. The highest BCUT2D eigenvalue weighted by Crippen LogP contribution is 2.32. The molecule has 2 aromatic carbocycles. The number of aromatic nitrogens is 2. The SMILES string of the molecule is O=C(Cc1ccc(-c2ccccc2)cc1)Nc1nnc(C2CCCCC2)o1. The minimum atomic E-state index is -0.152. The van der Waals surface area contributed by atoms with E-state index in [4.69, 9.17) is 4.42 Å². The number of amides is 1. The molecule has 0 atom stereocenters. The molecule has 0 saturated heterocycles. The number of carbonyl (C=O) groups is 1.